The Morgan fingerprint density at radius 1 is 1.06 bits per heavy atom. The third-order valence-corrected chi connectivity index (χ3v) is 3.92. The van der Waals surface area contributed by atoms with E-state index in [0.717, 1.165) is 0 Å². The summed E-state index contributed by atoms with van der Waals surface area (Å²) in [6, 6.07) is 0.543. The maximum Gasteiger partial charge on any atom is 0.264 e. The number of hydrogen-bond donors (Lipinski definition) is 2. The van der Waals surface area contributed by atoms with Gasteiger partial charge < -0.3 is 5.32 Å². The van der Waals surface area contributed by atoms with Gasteiger partial charge in [-0.15, -0.1) is 0 Å². The second-order valence-electron chi connectivity index (χ2n) is 4.64. The summed E-state index contributed by atoms with van der Waals surface area (Å²) < 4.78 is 29.6. The molecule has 0 aromatic heterocycles. The molecular formula is C11H23NO3S. The van der Waals surface area contributed by atoms with Gasteiger partial charge in [0.15, 0.2) is 0 Å². The minimum Gasteiger partial charge on any atom is -0.314 e. The van der Waals surface area contributed by atoms with Gasteiger partial charge in [0.05, 0.1) is 5.75 Å². The molecule has 0 bridgehead atoms. The Morgan fingerprint density at radius 2 is 1.62 bits per heavy atom. The van der Waals surface area contributed by atoms with Gasteiger partial charge in [0, 0.05) is 6.04 Å². The smallest absolute Gasteiger partial charge is 0.264 e. The van der Waals surface area contributed by atoms with Gasteiger partial charge in [0.2, 0.25) is 0 Å². The molecule has 0 aliphatic heterocycles. The Labute approximate surface area is 98.6 Å². The largest absolute Gasteiger partial charge is 0.314 e. The van der Waals surface area contributed by atoms with E-state index in [2.05, 4.69) is 5.32 Å². The highest BCUT2D eigenvalue weighted by Crippen LogP contribution is 2.16. The molecule has 0 saturated heterocycles. The van der Waals surface area contributed by atoms with Gasteiger partial charge in [0.25, 0.3) is 10.1 Å². The average Bonchev–Trinajstić information content (AvgIpc) is 2.13. The Kier molecular flexibility index (Phi) is 6.31. The van der Waals surface area contributed by atoms with E-state index in [9.17, 15) is 8.42 Å². The Morgan fingerprint density at radius 3 is 2.19 bits per heavy atom. The Hall–Kier alpha value is -0.130. The summed E-state index contributed by atoms with van der Waals surface area (Å²) in [6.07, 6.45) is 9.45. The fraction of sp³-hybridized carbons (Fsp3) is 1.00. The minimum absolute atomic E-state index is 0.132. The maximum absolute atomic E-state index is 10.5. The summed E-state index contributed by atoms with van der Waals surface area (Å²) in [4.78, 5) is 0. The molecule has 0 heterocycles. The molecule has 1 saturated carbocycles. The van der Waals surface area contributed by atoms with Gasteiger partial charge in [-0.05, 0) is 25.8 Å². The van der Waals surface area contributed by atoms with Gasteiger partial charge in [-0.3, -0.25) is 4.55 Å². The SMILES string of the molecule is O=S(=O)(O)CCCNC1CCCCCCC1. The molecule has 4 nitrogen and oxygen atoms in total. The summed E-state index contributed by atoms with van der Waals surface area (Å²) in [5.41, 5.74) is 0. The highest BCUT2D eigenvalue weighted by atomic mass is 32.2. The standard InChI is InChI=1S/C11H23NO3S/c13-16(14,15)10-6-9-12-11-7-4-2-1-3-5-8-11/h11-12H,1-10H2,(H,13,14,15). The highest BCUT2D eigenvalue weighted by molar-refractivity contribution is 7.85. The van der Waals surface area contributed by atoms with Crippen molar-refractivity contribution < 1.29 is 13.0 Å². The third kappa shape index (κ3) is 7.19. The molecular weight excluding hydrogens is 226 g/mol. The van der Waals surface area contributed by atoms with Crippen molar-refractivity contribution in [2.24, 2.45) is 0 Å². The van der Waals surface area contributed by atoms with Crippen LogP contribution in [0, 0.1) is 0 Å². The highest BCUT2D eigenvalue weighted by Gasteiger charge is 2.11. The van der Waals surface area contributed by atoms with Crippen molar-refractivity contribution >= 4 is 10.1 Å². The molecule has 2 N–H and O–H groups in total. The first-order chi connectivity index (χ1) is 7.58. The first kappa shape index (κ1) is 13.9. The lowest BCUT2D eigenvalue weighted by atomic mass is 9.97. The molecule has 0 atom stereocenters. The number of hydrogen-bond acceptors (Lipinski definition) is 3. The van der Waals surface area contributed by atoms with Crippen LogP contribution in [0.15, 0.2) is 0 Å². The van der Waals surface area contributed by atoms with Crippen molar-refractivity contribution in [1.82, 2.24) is 5.32 Å². The summed E-state index contributed by atoms with van der Waals surface area (Å²) in [6.45, 7) is 0.685. The van der Waals surface area contributed by atoms with Crippen LogP contribution < -0.4 is 5.32 Å². The zero-order valence-electron chi connectivity index (χ0n) is 9.82. The van der Waals surface area contributed by atoms with Gasteiger partial charge in [0.1, 0.15) is 0 Å². The summed E-state index contributed by atoms with van der Waals surface area (Å²) in [7, 11) is -3.78. The molecule has 0 aromatic carbocycles. The lowest BCUT2D eigenvalue weighted by Gasteiger charge is -2.20. The van der Waals surface area contributed by atoms with E-state index in [1.54, 1.807) is 0 Å². The van der Waals surface area contributed by atoms with Crippen LogP contribution in [-0.4, -0.2) is 31.3 Å². The van der Waals surface area contributed by atoms with E-state index < -0.39 is 10.1 Å². The van der Waals surface area contributed by atoms with Crippen LogP contribution in [0.25, 0.3) is 0 Å². The molecule has 5 heteroatoms. The van der Waals surface area contributed by atoms with Crippen LogP contribution in [0.5, 0.6) is 0 Å². The van der Waals surface area contributed by atoms with E-state index in [0.29, 0.717) is 19.0 Å². The van der Waals surface area contributed by atoms with Crippen molar-refractivity contribution in [1.29, 1.82) is 0 Å². The first-order valence-electron chi connectivity index (χ1n) is 6.26. The van der Waals surface area contributed by atoms with Gasteiger partial charge in [-0.1, -0.05) is 32.1 Å². The molecule has 0 aromatic rings. The minimum atomic E-state index is -3.78. The maximum atomic E-state index is 10.5. The van der Waals surface area contributed by atoms with Crippen LogP contribution in [0.2, 0.25) is 0 Å². The summed E-state index contributed by atoms with van der Waals surface area (Å²) in [5, 5.41) is 3.39. The lowest BCUT2D eigenvalue weighted by Crippen LogP contribution is -2.31. The molecule has 96 valence electrons. The normalized spacial score (nSPS) is 20.3. The fourth-order valence-corrected chi connectivity index (χ4v) is 2.73. The Bertz CT molecular complexity index is 269. The van der Waals surface area contributed by atoms with Crippen LogP contribution in [-0.2, 0) is 10.1 Å². The molecule has 1 rings (SSSR count). The Balaban J connectivity index is 2.10. The van der Waals surface area contributed by atoms with Crippen molar-refractivity contribution in [2.45, 2.75) is 57.4 Å². The van der Waals surface area contributed by atoms with Crippen molar-refractivity contribution in [2.75, 3.05) is 12.3 Å². The zero-order chi connectivity index (χ0) is 11.9. The molecule has 0 spiro atoms. The van der Waals surface area contributed by atoms with E-state index >= 15 is 0 Å². The summed E-state index contributed by atoms with van der Waals surface area (Å²) >= 11 is 0. The molecule has 1 aliphatic carbocycles. The number of rotatable bonds is 5. The second kappa shape index (κ2) is 7.25. The topological polar surface area (TPSA) is 66.4 Å². The molecule has 0 amide bonds. The van der Waals surface area contributed by atoms with Crippen LogP contribution in [0.4, 0.5) is 0 Å². The van der Waals surface area contributed by atoms with Crippen LogP contribution in [0.3, 0.4) is 0 Å². The monoisotopic (exact) mass is 249 g/mol. The van der Waals surface area contributed by atoms with E-state index in [-0.39, 0.29) is 5.75 Å². The predicted octanol–water partition coefficient (Wildman–Crippen LogP) is 1.97. The lowest BCUT2D eigenvalue weighted by molar-refractivity contribution is 0.389. The predicted molar refractivity (Wildman–Crippen MR) is 65.1 cm³/mol. The van der Waals surface area contributed by atoms with Crippen LogP contribution >= 0.6 is 0 Å². The van der Waals surface area contributed by atoms with E-state index in [1.165, 1.54) is 44.9 Å². The molecule has 1 aliphatic rings. The van der Waals surface area contributed by atoms with E-state index in [1.807, 2.05) is 0 Å². The molecule has 1 fully saturated rings. The summed E-state index contributed by atoms with van der Waals surface area (Å²) in [5.74, 6) is -0.132. The van der Waals surface area contributed by atoms with Gasteiger partial charge in [-0.25, -0.2) is 0 Å². The second-order valence-corrected chi connectivity index (χ2v) is 6.21. The van der Waals surface area contributed by atoms with Crippen molar-refractivity contribution in [3.63, 3.8) is 0 Å². The van der Waals surface area contributed by atoms with Gasteiger partial charge in [-0.2, -0.15) is 8.42 Å². The quantitative estimate of drug-likeness (QED) is 0.577. The van der Waals surface area contributed by atoms with Crippen molar-refractivity contribution in [3.8, 4) is 0 Å². The molecule has 16 heavy (non-hydrogen) atoms. The third-order valence-electron chi connectivity index (χ3n) is 3.12. The van der Waals surface area contributed by atoms with E-state index in [4.69, 9.17) is 4.55 Å². The number of nitrogens with one attached hydrogen (secondary N) is 1. The fourth-order valence-electron chi connectivity index (χ4n) is 2.22. The van der Waals surface area contributed by atoms with Crippen molar-refractivity contribution in [3.05, 3.63) is 0 Å². The molecule has 0 radical (unpaired) electrons. The average molecular weight is 249 g/mol. The first-order valence-corrected chi connectivity index (χ1v) is 7.87. The van der Waals surface area contributed by atoms with Crippen LogP contribution in [0.1, 0.15) is 51.4 Å². The molecule has 0 unspecified atom stereocenters. The zero-order valence-corrected chi connectivity index (χ0v) is 10.6. The van der Waals surface area contributed by atoms with Gasteiger partial charge >= 0.3 is 0 Å².